The van der Waals surface area contributed by atoms with Crippen LogP contribution in [0.3, 0.4) is 0 Å². The SMILES string of the molecule is CC(NCC1CN(c2ccc3nnc(C(C)(C)C)n3n2)C1)C1CC1. The highest BCUT2D eigenvalue weighted by atomic mass is 15.4. The molecule has 1 unspecified atom stereocenters. The number of hydrogen-bond donors (Lipinski definition) is 1. The zero-order valence-corrected chi connectivity index (χ0v) is 15.2. The molecule has 1 saturated carbocycles. The Morgan fingerprint density at radius 1 is 1.21 bits per heavy atom. The molecule has 130 valence electrons. The molecule has 1 aliphatic heterocycles. The number of fused-ring (bicyclic) bond motifs is 1. The minimum absolute atomic E-state index is 0.0641. The van der Waals surface area contributed by atoms with Gasteiger partial charge in [-0.25, -0.2) is 0 Å². The summed E-state index contributed by atoms with van der Waals surface area (Å²) in [6.07, 6.45) is 2.81. The Bertz CT molecular complexity index is 721. The topological polar surface area (TPSA) is 58.3 Å². The largest absolute Gasteiger partial charge is 0.354 e. The Morgan fingerprint density at radius 3 is 2.62 bits per heavy atom. The van der Waals surface area contributed by atoms with E-state index in [-0.39, 0.29) is 5.41 Å². The minimum Gasteiger partial charge on any atom is -0.354 e. The highest BCUT2D eigenvalue weighted by molar-refractivity contribution is 5.47. The van der Waals surface area contributed by atoms with E-state index in [1.165, 1.54) is 12.8 Å². The summed E-state index contributed by atoms with van der Waals surface area (Å²) in [5.41, 5.74) is 0.756. The summed E-state index contributed by atoms with van der Waals surface area (Å²) in [7, 11) is 0. The van der Waals surface area contributed by atoms with Crippen LogP contribution in [0.4, 0.5) is 5.82 Å². The maximum absolute atomic E-state index is 4.79. The summed E-state index contributed by atoms with van der Waals surface area (Å²) >= 11 is 0. The van der Waals surface area contributed by atoms with Crippen molar-refractivity contribution in [3.8, 4) is 0 Å². The van der Waals surface area contributed by atoms with Gasteiger partial charge in [-0.3, -0.25) is 0 Å². The van der Waals surface area contributed by atoms with Crippen molar-refractivity contribution in [1.82, 2.24) is 25.1 Å². The molecule has 1 atom stereocenters. The first-order valence-corrected chi connectivity index (χ1v) is 9.13. The fourth-order valence-corrected chi connectivity index (χ4v) is 3.42. The summed E-state index contributed by atoms with van der Waals surface area (Å²) < 4.78 is 1.90. The molecule has 3 heterocycles. The molecule has 1 saturated heterocycles. The number of nitrogens with zero attached hydrogens (tertiary/aromatic N) is 5. The Labute approximate surface area is 143 Å². The summed E-state index contributed by atoms with van der Waals surface area (Å²) in [6.45, 7) is 12.0. The van der Waals surface area contributed by atoms with Crippen molar-refractivity contribution in [1.29, 1.82) is 0 Å². The monoisotopic (exact) mass is 328 g/mol. The number of hydrogen-bond acceptors (Lipinski definition) is 5. The first-order chi connectivity index (χ1) is 11.4. The normalized spacial score (nSPS) is 20.4. The molecule has 0 amide bonds. The average molecular weight is 328 g/mol. The van der Waals surface area contributed by atoms with Gasteiger partial charge in [0.25, 0.3) is 0 Å². The summed E-state index contributed by atoms with van der Waals surface area (Å²) in [5.74, 6) is 3.59. The third-order valence-corrected chi connectivity index (χ3v) is 5.26. The molecule has 4 rings (SSSR count). The van der Waals surface area contributed by atoms with E-state index >= 15 is 0 Å². The maximum Gasteiger partial charge on any atom is 0.178 e. The van der Waals surface area contributed by atoms with Crippen LogP contribution in [0.2, 0.25) is 0 Å². The Hall–Kier alpha value is -1.69. The zero-order valence-electron chi connectivity index (χ0n) is 15.2. The zero-order chi connectivity index (χ0) is 16.9. The quantitative estimate of drug-likeness (QED) is 0.912. The molecule has 2 aliphatic rings. The third-order valence-electron chi connectivity index (χ3n) is 5.26. The second-order valence-corrected chi connectivity index (χ2v) is 8.54. The van der Waals surface area contributed by atoms with Gasteiger partial charge in [-0.2, -0.15) is 4.52 Å². The number of rotatable bonds is 5. The molecule has 0 bridgehead atoms. The van der Waals surface area contributed by atoms with Crippen molar-refractivity contribution in [3.05, 3.63) is 18.0 Å². The van der Waals surface area contributed by atoms with Gasteiger partial charge in [-0.15, -0.1) is 15.3 Å². The van der Waals surface area contributed by atoms with Gasteiger partial charge in [0.2, 0.25) is 0 Å². The Kier molecular flexibility index (Phi) is 3.75. The average Bonchev–Trinajstić information content (AvgIpc) is 3.23. The van der Waals surface area contributed by atoms with Gasteiger partial charge in [-0.1, -0.05) is 20.8 Å². The van der Waals surface area contributed by atoms with Crippen LogP contribution in [0.1, 0.15) is 46.4 Å². The molecule has 6 nitrogen and oxygen atoms in total. The molecule has 2 aromatic rings. The predicted molar refractivity (Wildman–Crippen MR) is 95.4 cm³/mol. The first kappa shape index (κ1) is 15.8. The van der Waals surface area contributed by atoms with Crippen LogP contribution in [0.15, 0.2) is 12.1 Å². The molecule has 6 heteroatoms. The van der Waals surface area contributed by atoms with Crippen molar-refractivity contribution >= 4 is 11.5 Å². The van der Waals surface area contributed by atoms with E-state index in [1.807, 2.05) is 10.6 Å². The summed E-state index contributed by atoms with van der Waals surface area (Å²) in [5, 5.41) is 17.0. The maximum atomic E-state index is 4.79. The first-order valence-electron chi connectivity index (χ1n) is 9.13. The molecule has 0 spiro atoms. The minimum atomic E-state index is -0.0641. The molecule has 0 radical (unpaired) electrons. The molecule has 1 N–H and O–H groups in total. The highest BCUT2D eigenvalue weighted by Crippen LogP contribution is 2.32. The molecule has 0 aromatic carbocycles. The number of nitrogens with one attached hydrogen (secondary N) is 1. The van der Waals surface area contributed by atoms with Crippen molar-refractivity contribution in [2.75, 3.05) is 24.5 Å². The lowest BCUT2D eigenvalue weighted by Crippen LogP contribution is -2.52. The fraction of sp³-hybridized carbons (Fsp3) is 0.722. The van der Waals surface area contributed by atoms with E-state index in [0.29, 0.717) is 6.04 Å². The van der Waals surface area contributed by atoms with E-state index in [1.54, 1.807) is 0 Å². The van der Waals surface area contributed by atoms with Crippen LogP contribution in [-0.4, -0.2) is 45.5 Å². The molecular weight excluding hydrogens is 300 g/mol. The number of aromatic nitrogens is 4. The lowest BCUT2D eigenvalue weighted by Gasteiger charge is -2.40. The van der Waals surface area contributed by atoms with Gasteiger partial charge < -0.3 is 10.2 Å². The van der Waals surface area contributed by atoms with Crippen LogP contribution in [0.5, 0.6) is 0 Å². The fourth-order valence-electron chi connectivity index (χ4n) is 3.42. The van der Waals surface area contributed by atoms with Crippen molar-refractivity contribution in [2.24, 2.45) is 11.8 Å². The van der Waals surface area contributed by atoms with Gasteiger partial charge >= 0.3 is 0 Å². The molecule has 2 aromatic heterocycles. The van der Waals surface area contributed by atoms with Crippen molar-refractivity contribution in [3.63, 3.8) is 0 Å². The Morgan fingerprint density at radius 2 is 1.96 bits per heavy atom. The second-order valence-electron chi connectivity index (χ2n) is 8.54. The van der Waals surface area contributed by atoms with Gasteiger partial charge in [0.1, 0.15) is 5.82 Å². The van der Waals surface area contributed by atoms with E-state index in [4.69, 9.17) is 5.10 Å². The van der Waals surface area contributed by atoms with Crippen LogP contribution < -0.4 is 10.2 Å². The van der Waals surface area contributed by atoms with Gasteiger partial charge in [-0.05, 0) is 37.8 Å². The van der Waals surface area contributed by atoms with Gasteiger partial charge in [0, 0.05) is 37.0 Å². The lowest BCUT2D eigenvalue weighted by atomic mass is 9.96. The molecule has 2 fully saturated rings. The smallest absolute Gasteiger partial charge is 0.178 e. The van der Waals surface area contributed by atoms with Crippen LogP contribution in [0.25, 0.3) is 5.65 Å². The van der Waals surface area contributed by atoms with Crippen LogP contribution in [0, 0.1) is 11.8 Å². The van der Waals surface area contributed by atoms with E-state index in [0.717, 1.165) is 48.8 Å². The van der Waals surface area contributed by atoms with Gasteiger partial charge in [0.15, 0.2) is 11.5 Å². The van der Waals surface area contributed by atoms with Crippen molar-refractivity contribution < 1.29 is 0 Å². The molecular formula is C18H28N6. The standard InChI is InChI=1S/C18H28N6/c1-12(14-5-6-14)19-9-13-10-23(11-13)16-8-7-15-20-21-17(18(2,3)4)24(15)22-16/h7-8,12-14,19H,5-6,9-11H2,1-4H3. The molecule has 24 heavy (non-hydrogen) atoms. The van der Waals surface area contributed by atoms with E-state index in [9.17, 15) is 0 Å². The van der Waals surface area contributed by atoms with E-state index in [2.05, 4.69) is 54.2 Å². The lowest BCUT2D eigenvalue weighted by molar-refractivity contribution is 0.353. The third kappa shape index (κ3) is 2.99. The predicted octanol–water partition coefficient (Wildman–Crippen LogP) is 2.25. The van der Waals surface area contributed by atoms with Gasteiger partial charge in [0.05, 0.1) is 0 Å². The van der Waals surface area contributed by atoms with Crippen molar-refractivity contribution in [2.45, 2.75) is 52.0 Å². The summed E-state index contributed by atoms with van der Waals surface area (Å²) in [6, 6.07) is 4.76. The van der Waals surface area contributed by atoms with Crippen LogP contribution in [-0.2, 0) is 5.41 Å². The second kappa shape index (κ2) is 5.69. The molecule has 1 aliphatic carbocycles. The Balaban J connectivity index is 1.40. The highest BCUT2D eigenvalue weighted by Gasteiger charge is 2.32. The van der Waals surface area contributed by atoms with E-state index < -0.39 is 0 Å². The summed E-state index contributed by atoms with van der Waals surface area (Å²) in [4.78, 5) is 2.35. The van der Waals surface area contributed by atoms with Crippen LogP contribution >= 0.6 is 0 Å². The number of anilines is 1.